The summed E-state index contributed by atoms with van der Waals surface area (Å²) in [6, 6.07) is 1.48. The fourth-order valence-corrected chi connectivity index (χ4v) is 7.71. The average molecular weight is 661 g/mol. The Morgan fingerprint density at radius 3 is 2.45 bits per heavy atom. The SMILES string of the molecule is CC[C@@H]1[C@@H]2CN(C(=O)[C@H](C(C)(C)C)NC(=O)O[C@]3(C)CCC[C@H]3CCCCCc3nc4ccc(C(F)(F)F)cc4nc3O2)[C@@H]1C(C)=O. The molecule has 2 aromatic rings. The van der Waals surface area contributed by atoms with Crippen LogP contribution in [0.4, 0.5) is 18.0 Å². The Morgan fingerprint density at radius 1 is 1.06 bits per heavy atom. The second-order valence-electron chi connectivity index (χ2n) is 14.8. The lowest BCUT2D eigenvalue weighted by Gasteiger charge is -2.37. The van der Waals surface area contributed by atoms with Crippen LogP contribution in [0.15, 0.2) is 18.2 Å². The molecule has 5 rings (SSSR count). The fraction of sp³-hybridized carbons (Fsp3) is 0.686. The van der Waals surface area contributed by atoms with E-state index in [1.165, 1.54) is 17.9 Å². The fourth-order valence-electron chi connectivity index (χ4n) is 7.71. The minimum absolute atomic E-state index is 0.0342. The van der Waals surface area contributed by atoms with Gasteiger partial charge in [-0.1, -0.05) is 40.5 Å². The summed E-state index contributed by atoms with van der Waals surface area (Å²) >= 11 is 0. The monoisotopic (exact) mass is 660 g/mol. The number of halogens is 3. The Labute approximate surface area is 274 Å². The van der Waals surface area contributed by atoms with E-state index < -0.39 is 58.9 Å². The van der Waals surface area contributed by atoms with Gasteiger partial charge in [0, 0.05) is 5.92 Å². The molecule has 1 aromatic heterocycles. The summed E-state index contributed by atoms with van der Waals surface area (Å²) in [5.74, 6) is -0.775. The topological polar surface area (TPSA) is 111 Å². The maximum absolute atomic E-state index is 14.3. The lowest BCUT2D eigenvalue weighted by Crippen LogP contribution is -2.58. The van der Waals surface area contributed by atoms with Crippen molar-refractivity contribution in [2.24, 2.45) is 17.3 Å². The molecule has 6 atom stereocenters. The van der Waals surface area contributed by atoms with Crippen LogP contribution in [0.1, 0.15) is 104 Å². The van der Waals surface area contributed by atoms with Gasteiger partial charge in [-0.2, -0.15) is 13.2 Å². The van der Waals surface area contributed by atoms with Gasteiger partial charge in [-0.25, -0.2) is 14.8 Å². The van der Waals surface area contributed by atoms with Crippen molar-refractivity contribution >= 4 is 28.8 Å². The largest absolute Gasteiger partial charge is 0.471 e. The van der Waals surface area contributed by atoms with E-state index >= 15 is 0 Å². The van der Waals surface area contributed by atoms with E-state index in [0.717, 1.165) is 57.1 Å². The zero-order valence-electron chi connectivity index (χ0n) is 28.2. The Balaban J connectivity index is 1.57. The highest BCUT2D eigenvalue weighted by Gasteiger charge is 2.51. The number of fused-ring (bicyclic) bond motifs is 5. The number of aryl methyl sites for hydroxylation is 1. The maximum atomic E-state index is 14.3. The summed E-state index contributed by atoms with van der Waals surface area (Å²) in [6.45, 7) is 10.9. The number of ether oxygens (including phenoxy) is 2. The quantitative estimate of drug-likeness (QED) is 0.368. The molecule has 3 aliphatic rings. The molecule has 1 aromatic carbocycles. The van der Waals surface area contributed by atoms with Crippen molar-refractivity contribution in [3.05, 3.63) is 29.5 Å². The summed E-state index contributed by atoms with van der Waals surface area (Å²) in [6.07, 6.45) is 1.10. The number of nitrogens with one attached hydrogen (secondary N) is 1. The summed E-state index contributed by atoms with van der Waals surface area (Å²) in [4.78, 5) is 51.7. The number of nitrogens with zero attached hydrogens (tertiary/aromatic N) is 3. The number of amides is 2. The Morgan fingerprint density at radius 2 is 1.79 bits per heavy atom. The summed E-state index contributed by atoms with van der Waals surface area (Å²) < 4.78 is 53.3. The predicted molar refractivity (Wildman–Crippen MR) is 170 cm³/mol. The van der Waals surface area contributed by atoms with E-state index in [1.807, 2.05) is 34.6 Å². The first kappa shape index (κ1) is 34.9. The van der Waals surface area contributed by atoms with Crippen molar-refractivity contribution in [3.8, 4) is 5.88 Å². The molecule has 1 saturated heterocycles. The van der Waals surface area contributed by atoms with Crippen LogP contribution in [0.3, 0.4) is 0 Å². The Kier molecular flexibility index (Phi) is 9.81. The number of ketones is 1. The molecule has 1 N–H and O–H groups in total. The van der Waals surface area contributed by atoms with Crippen LogP contribution < -0.4 is 10.1 Å². The van der Waals surface area contributed by atoms with E-state index in [2.05, 4.69) is 10.3 Å². The molecule has 0 radical (unpaired) electrons. The van der Waals surface area contributed by atoms with Gasteiger partial charge in [0.25, 0.3) is 0 Å². The van der Waals surface area contributed by atoms with Gasteiger partial charge in [0.15, 0.2) is 5.78 Å². The molecular formula is C35H47F3N4O5. The number of alkyl halides is 3. The number of Topliss-reactive ketones (excluding diaryl/α,β-unsaturated/α-hetero) is 1. The van der Waals surface area contributed by atoms with E-state index in [4.69, 9.17) is 14.5 Å². The van der Waals surface area contributed by atoms with Crippen LogP contribution in [0, 0.1) is 17.3 Å². The first-order valence-electron chi connectivity index (χ1n) is 16.9. The van der Waals surface area contributed by atoms with E-state index in [0.29, 0.717) is 24.1 Å². The molecular weight excluding hydrogens is 613 g/mol. The number of benzene rings is 1. The van der Waals surface area contributed by atoms with E-state index in [9.17, 15) is 27.6 Å². The summed E-state index contributed by atoms with van der Waals surface area (Å²) in [5, 5.41) is 2.86. The van der Waals surface area contributed by atoms with Gasteiger partial charge in [0.2, 0.25) is 11.8 Å². The van der Waals surface area contributed by atoms with Crippen LogP contribution in [0.25, 0.3) is 11.0 Å². The summed E-state index contributed by atoms with van der Waals surface area (Å²) in [7, 11) is 0. The molecule has 0 unspecified atom stereocenters. The number of aromatic nitrogens is 2. The number of hydrogen-bond acceptors (Lipinski definition) is 7. The van der Waals surface area contributed by atoms with Crippen LogP contribution in [0.2, 0.25) is 0 Å². The number of carbonyl (C=O) groups is 3. The van der Waals surface area contributed by atoms with E-state index in [1.54, 1.807) is 0 Å². The van der Waals surface area contributed by atoms with Gasteiger partial charge >= 0.3 is 12.3 Å². The van der Waals surface area contributed by atoms with Crippen molar-refractivity contribution in [2.75, 3.05) is 6.54 Å². The zero-order chi connectivity index (χ0) is 34.3. The summed E-state index contributed by atoms with van der Waals surface area (Å²) in [5.41, 5.74) is -1.29. The first-order valence-corrected chi connectivity index (χ1v) is 16.9. The van der Waals surface area contributed by atoms with Crippen molar-refractivity contribution in [1.29, 1.82) is 0 Å². The highest BCUT2D eigenvalue weighted by atomic mass is 19.4. The second-order valence-corrected chi connectivity index (χ2v) is 14.8. The Bertz CT molecular complexity index is 1510. The minimum atomic E-state index is -4.55. The third kappa shape index (κ3) is 7.36. The normalized spacial score (nSPS) is 29.6. The molecule has 258 valence electrons. The van der Waals surface area contributed by atoms with Crippen LogP contribution in [-0.4, -0.2) is 63.0 Å². The molecule has 2 fully saturated rings. The second kappa shape index (κ2) is 13.2. The third-order valence-electron chi connectivity index (χ3n) is 10.3. The third-order valence-corrected chi connectivity index (χ3v) is 10.3. The van der Waals surface area contributed by atoms with Gasteiger partial charge in [-0.05, 0) is 88.3 Å². The zero-order valence-corrected chi connectivity index (χ0v) is 28.2. The first-order chi connectivity index (χ1) is 22.0. The van der Waals surface area contributed by atoms with Crippen molar-refractivity contribution in [1.82, 2.24) is 20.2 Å². The average Bonchev–Trinajstić information content (AvgIpc) is 3.53. The molecule has 0 spiro atoms. The van der Waals surface area contributed by atoms with E-state index in [-0.39, 0.29) is 29.6 Å². The molecule has 1 aliphatic carbocycles. The predicted octanol–water partition coefficient (Wildman–Crippen LogP) is 7.04. The maximum Gasteiger partial charge on any atom is 0.416 e. The molecule has 12 heteroatoms. The number of carbonyl (C=O) groups excluding carboxylic acids is 3. The molecule has 2 bridgehead atoms. The molecule has 1 saturated carbocycles. The highest BCUT2D eigenvalue weighted by molar-refractivity contribution is 5.92. The smallest absolute Gasteiger partial charge is 0.416 e. The number of alkyl carbamates (subject to hydrolysis) is 1. The number of rotatable bonds is 2. The highest BCUT2D eigenvalue weighted by Crippen LogP contribution is 2.42. The van der Waals surface area contributed by atoms with Crippen molar-refractivity contribution in [2.45, 2.75) is 129 Å². The van der Waals surface area contributed by atoms with Gasteiger partial charge < -0.3 is 19.7 Å². The van der Waals surface area contributed by atoms with Gasteiger partial charge in [0.05, 0.1) is 29.2 Å². The minimum Gasteiger partial charge on any atom is -0.471 e. The lowest BCUT2D eigenvalue weighted by atomic mass is 9.85. The molecule has 9 nitrogen and oxygen atoms in total. The van der Waals surface area contributed by atoms with Crippen LogP contribution in [0.5, 0.6) is 5.88 Å². The van der Waals surface area contributed by atoms with Gasteiger partial charge in [0.1, 0.15) is 23.4 Å². The Hall–Kier alpha value is -3.44. The number of hydrogen-bond donors (Lipinski definition) is 1. The van der Waals surface area contributed by atoms with Crippen LogP contribution >= 0.6 is 0 Å². The van der Waals surface area contributed by atoms with Crippen molar-refractivity contribution in [3.63, 3.8) is 0 Å². The lowest BCUT2D eigenvalue weighted by molar-refractivity contribution is -0.141. The van der Waals surface area contributed by atoms with Crippen molar-refractivity contribution < 1.29 is 37.0 Å². The molecule has 47 heavy (non-hydrogen) atoms. The molecule has 2 aliphatic heterocycles. The van der Waals surface area contributed by atoms with Gasteiger partial charge in [-0.15, -0.1) is 0 Å². The molecule has 2 amide bonds. The standard InChI is InChI=1S/C35H47F3N4O5/c1-7-23-27-19-42(28(23)20(2)43)31(44)29(33(3,4)5)41-32(45)47-34(6)17-11-13-21(34)12-9-8-10-14-25-30(46-27)40-26-18-22(35(36,37)38)15-16-24(26)39-25/h15-16,18,21,23,27-29H,7-14,17,19H2,1-6H3,(H,41,45)/t21-,23-,27+,28-,29-,34-/m1/s1. The molecule has 3 heterocycles. The van der Waals surface area contributed by atoms with Crippen LogP contribution in [-0.2, 0) is 26.9 Å². The van der Waals surface area contributed by atoms with Gasteiger partial charge in [-0.3, -0.25) is 9.59 Å².